The van der Waals surface area contributed by atoms with Crippen molar-refractivity contribution >= 4 is 5.78 Å². The van der Waals surface area contributed by atoms with Crippen LogP contribution in [0.1, 0.15) is 121 Å². The van der Waals surface area contributed by atoms with Crippen LogP contribution < -0.4 is 0 Å². The van der Waals surface area contributed by atoms with Crippen LogP contribution in [0.3, 0.4) is 0 Å². The SMILES string of the molecule is CCCCCCCC1(C#N)CCC(C(CCCC)CCC(=O)c2ccccc2)CC1. The van der Waals surface area contributed by atoms with Gasteiger partial charge in [-0.15, -0.1) is 0 Å². The number of rotatable bonds is 14. The predicted octanol–water partition coefficient (Wildman–Crippen LogP) is 8.52. The Balaban J connectivity index is 1.86. The van der Waals surface area contributed by atoms with Crippen molar-refractivity contribution in [2.45, 2.75) is 110 Å². The Hall–Kier alpha value is -1.62. The van der Waals surface area contributed by atoms with Gasteiger partial charge >= 0.3 is 0 Å². The predicted molar refractivity (Wildman–Crippen MR) is 126 cm³/mol. The molecule has 2 rings (SSSR count). The van der Waals surface area contributed by atoms with Crippen molar-refractivity contribution in [3.63, 3.8) is 0 Å². The summed E-state index contributed by atoms with van der Waals surface area (Å²) in [5.41, 5.74) is 0.777. The third kappa shape index (κ3) is 7.90. The number of carbonyl (C=O) groups is 1. The van der Waals surface area contributed by atoms with Crippen LogP contribution >= 0.6 is 0 Å². The molecule has 1 fully saturated rings. The van der Waals surface area contributed by atoms with Gasteiger partial charge in [0.25, 0.3) is 0 Å². The molecule has 0 radical (unpaired) electrons. The lowest BCUT2D eigenvalue weighted by Crippen LogP contribution is -2.29. The van der Waals surface area contributed by atoms with Gasteiger partial charge in [0.05, 0.1) is 11.5 Å². The number of unbranched alkanes of at least 4 members (excludes halogenated alkanes) is 5. The van der Waals surface area contributed by atoms with Crippen LogP contribution in [0.2, 0.25) is 0 Å². The Bertz CT molecular complexity index is 636. The van der Waals surface area contributed by atoms with E-state index in [-0.39, 0.29) is 11.2 Å². The van der Waals surface area contributed by atoms with Crippen molar-refractivity contribution in [1.82, 2.24) is 0 Å². The number of carbonyl (C=O) groups excluding carboxylic acids is 1. The minimum absolute atomic E-state index is 0.0715. The molecule has 1 aromatic carbocycles. The maximum atomic E-state index is 12.6. The van der Waals surface area contributed by atoms with Gasteiger partial charge in [-0.05, 0) is 50.4 Å². The second-order valence-electron chi connectivity index (χ2n) is 9.62. The number of nitriles is 1. The van der Waals surface area contributed by atoms with Crippen LogP contribution in [0.15, 0.2) is 30.3 Å². The van der Waals surface area contributed by atoms with Gasteiger partial charge in [0, 0.05) is 12.0 Å². The van der Waals surface area contributed by atoms with Gasteiger partial charge in [0.2, 0.25) is 0 Å². The Kier molecular flexibility index (Phi) is 11.2. The van der Waals surface area contributed by atoms with Crippen LogP contribution in [0, 0.1) is 28.6 Å². The van der Waals surface area contributed by atoms with Crippen LogP contribution in [0.5, 0.6) is 0 Å². The molecule has 1 aliphatic carbocycles. The van der Waals surface area contributed by atoms with E-state index in [0.29, 0.717) is 18.3 Å². The first-order valence-corrected chi connectivity index (χ1v) is 12.6. The molecule has 1 saturated carbocycles. The van der Waals surface area contributed by atoms with E-state index in [9.17, 15) is 10.1 Å². The first-order chi connectivity index (χ1) is 14.6. The molecule has 0 aromatic heterocycles. The summed E-state index contributed by atoms with van der Waals surface area (Å²) in [5.74, 6) is 1.62. The van der Waals surface area contributed by atoms with Crippen molar-refractivity contribution in [3.05, 3.63) is 35.9 Å². The third-order valence-electron chi connectivity index (χ3n) is 7.42. The van der Waals surface area contributed by atoms with Crippen molar-refractivity contribution in [2.24, 2.45) is 17.3 Å². The van der Waals surface area contributed by atoms with Crippen molar-refractivity contribution < 1.29 is 4.79 Å². The maximum Gasteiger partial charge on any atom is 0.162 e. The number of nitrogens with zero attached hydrogens (tertiary/aromatic N) is 1. The number of benzene rings is 1. The van der Waals surface area contributed by atoms with E-state index in [0.717, 1.165) is 31.2 Å². The normalized spacial score (nSPS) is 22.4. The molecular formula is C28H43NO. The highest BCUT2D eigenvalue weighted by Crippen LogP contribution is 2.46. The molecule has 2 nitrogen and oxygen atoms in total. The van der Waals surface area contributed by atoms with Crippen LogP contribution in [0.4, 0.5) is 0 Å². The van der Waals surface area contributed by atoms with Crippen LogP contribution in [-0.4, -0.2) is 5.78 Å². The maximum absolute atomic E-state index is 12.6. The summed E-state index contributed by atoms with van der Waals surface area (Å²) in [7, 11) is 0. The van der Waals surface area contributed by atoms with E-state index in [1.165, 1.54) is 64.2 Å². The molecule has 0 N–H and O–H groups in total. The van der Waals surface area contributed by atoms with E-state index in [1.54, 1.807) is 0 Å². The smallest absolute Gasteiger partial charge is 0.162 e. The fraction of sp³-hybridized carbons (Fsp3) is 0.714. The van der Waals surface area contributed by atoms with Gasteiger partial charge in [0.15, 0.2) is 5.78 Å². The Morgan fingerprint density at radius 2 is 1.67 bits per heavy atom. The van der Waals surface area contributed by atoms with Crippen molar-refractivity contribution in [1.29, 1.82) is 5.26 Å². The van der Waals surface area contributed by atoms with Gasteiger partial charge in [-0.1, -0.05) is 95.5 Å². The fourth-order valence-corrected chi connectivity index (χ4v) is 5.32. The average molecular weight is 410 g/mol. The van der Waals surface area contributed by atoms with E-state index in [4.69, 9.17) is 0 Å². The van der Waals surface area contributed by atoms with Crippen molar-refractivity contribution in [3.8, 4) is 6.07 Å². The standard InChI is InChI=1S/C28H43NO/c1-3-5-7-8-12-20-28(23-29)21-18-25(19-22-28)24(13-6-4-2)16-17-27(30)26-14-10-9-11-15-26/h9-11,14-15,24-25H,3-8,12-13,16-22H2,1-2H3. The zero-order valence-electron chi connectivity index (χ0n) is 19.5. The van der Waals surface area contributed by atoms with Gasteiger partial charge < -0.3 is 0 Å². The van der Waals surface area contributed by atoms with Crippen LogP contribution in [-0.2, 0) is 0 Å². The minimum atomic E-state index is -0.0715. The van der Waals surface area contributed by atoms with Gasteiger partial charge in [-0.2, -0.15) is 5.26 Å². The molecule has 2 heteroatoms. The number of Topliss-reactive ketones (excluding diaryl/α,β-unsaturated/α-hetero) is 1. The molecule has 30 heavy (non-hydrogen) atoms. The summed E-state index contributed by atoms with van der Waals surface area (Å²) in [4.78, 5) is 12.6. The molecule has 0 saturated heterocycles. The second-order valence-corrected chi connectivity index (χ2v) is 9.62. The summed E-state index contributed by atoms with van der Waals surface area (Å²) >= 11 is 0. The molecule has 1 aliphatic rings. The number of hydrogen-bond donors (Lipinski definition) is 0. The fourth-order valence-electron chi connectivity index (χ4n) is 5.32. The van der Waals surface area contributed by atoms with Gasteiger partial charge in [-0.3, -0.25) is 4.79 Å². The van der Waals surface area contributed by atoms with E-state index in [2.05, 4.69) is 19.9 Å². The van der Waals surface area contributed by atoms with E-state index >= 15 is 0 Å². The molecule has 1 unspecified atom stereocenters. The lowest BCUT2D eigenvalue weighted by atomic mass is 9.65. The summed E-state index contributed by atoms with van der Waals surface area (Å²) in [6.07, 6.45) is 17.4. The highest BCUT2D eigenvalue weighted by atomic mass is 16.1. The first-order valence-electron chi connectivity index (χ1n) is 12.6. The zero-order chi connectivity index (χ0) is 21.7. The van der Waals surface area contributed by atoms with Crippen LogP contribution in [0.25, 0.3) is 0 Å². The highest BCUT2D eigenvalue weighted by molar-refractivity contribution is 5.95. The quantitative estimate of drug-likeness (QED) is 0.228. The second kappa shape index (κ2) is 13.6. The highest BCUT2D eigenvalue weighted by Gasteiger charge is 2.37. The third-order valence-corrected chi connectivity index (χ3v) is 7.42. The molecule has 0 aliphatic heterocycles. The lowest BCUT2D eigenvalue weighted by Gasteiger charge is -2.38. The molecule has 1 atom stereocenters. The molecule has 0 amide bonds. The first kappa shape index (κ1) is 24.6. The summed E-state index contributed by atoms with van der Waals surface area (Å²) in [6.45, 7) is 4.51. The Labute approximate surface area is 185 Å². The minimum Gasteiger partial charge on any atom is -0.294 e. The summed E-state index contributed by atoms with van der Waals surface area (Å²) in [6, 6.07) is 12.5. The lowest BCUT2D eigenvalue weighted by molar-refractivity contribution is 0.0947. The van der Waals surface area contributed by atoms with Crippen molar-refractivity contribution in [2.75, 3.05) is 0 Å². The topological polar surface area (TPSA) is 40.9 Å². The molecule has 166 valence electrons. The Morgan fingerprint density at radius 1 is 1.00 bits per heavy atom. The molecule has 0 spiro atoms. The van der Waals surface area contributed by atoms with Gasteiger partial charge in [0.1, 0.15) is 0 Å². The molecule has 1 aromatic rings. The summed E-state index contributed by atoms with van der Waals surface area (Å²) < 4.78 is 0. The summed E-state index contributed by atoms with van der Waals surface area (Å²) in [5, 5.41) is 9.92. The molecular weight excluding hydrogens is 366 g/mol. The van der Waals surface area contributed by atoms with Gasteiger partial charge in [-0.25, -0.2) is 0 Å². The number of ketones is 1. The molecule has 0 bridgehead atoms. The number of hydrogen-bond acceptors (Lipinski definition) is 2. The zero-order valence-corrected chi connectivity index (χ0v) is 19.5. The van der Waals surface area contributed by atoms with E-state index < -0.39 is 0 Å². The Morgan fingerprint density at radius 3 is 2.30 bits per heavy atom. The monoisotopic (exact) mass is 409 g/mol. The average Bonchev–Trinajstić information content (AvgIpc) is 2.80. The van der Waals surface area contributed by atoms with E-state index in [1.807, 2.05) is 30.3 Å². The largest absolute Gasteiger partial charge is 0.294 e. The molecule has 0 heterocycles.